The Balaban J connectivity index is 1.21. The van der Waals surface area contributed by atoms with Gasteiger partial charge in [-0.2, -0.15) is 0 Å². The van der Waals surface area contributed by atoms with Gasteiger partial charge >= 0.3 is 5.97 Å². The molecule has 0 amide bonds. The van der Waals surface area contributed by atoms with Crippen LogP contribution in [-0.4, -0.2) is 73.3 Å². The Morgan fingerprint density at radius 3 is 2.63 bits per heavy atom. The highest BCUT2D eigenvalue weighted by atomic mass is 16.8. The monoisotopic (exact) mass is 420 g/mol. The van der Waals surface area contributed by atoms with Gasteiger partial charge in [-0.15, -0.1) is 0 Å². The molecule has 4 aliphatic rings. The van der Waals surface area contributed by atoms with E-state index in [2.05, 4.69) is 0 Å². The van der Waals surface area contributed by atoms with Crippen molar-refractivity contribution in [2.75, 3.05) is 13.7 Å². The van der Waals surface area contributed by atoms with E-state index in [1.54, 1.807) is 0 Å². The van der Waals surface area contributed by atoms with Gasteiger partial charge in [-0.25, -0.2) is 0 Å². The van der Waals surface area contributed by atoms with E-state index in [1.807, 2.05) is 30.3 Å². The summed E-state index contributed by atoms with van der Waals surface area (Å²) in [6.45, 7) is 0.876. The maximum Gasteiger partial charge on any atom is 0.308 e. The topological polar surface area (TPSA) is 92.7 Å². The summed E-state index contributed by atoms with van der Waals surface area (Å²) in [4.78, 5) is 11.6. The lowest BCUT2D eigenvalue weighted by Crippen LogP contribution is -2.65. The van der Waals surface area contributed by atoms with E-state index in [9.17, 15) is 9.90 Å². The number of benzene rings is 1. The van der Waals surface area contributed by atoms with Gasteiger partial charge in [0.15, 0.2) is 5.79 Å². The molecule has 8 nitrogen and oxygen atoms in total. The maximum atomic E-state index is 11.6. The van der Waals surface area contributed by atoms with E-state index in [4.69, 9.17) is 28.4 Å². The van der Waals surface area contributed by atoms with Crippen LogP contribution in [0.1, 0.15) is 31.2 Å². The second-order valence-electron chi connectivity index (χ2n) is 8.43. The Hall–Kier alpha value is -1.55. The molecule has 0 spiro atoms. The maximum absolute atomic E-state index is 11.6. The third kappa shape index (κ3) is 3.55. The third-order valence-corrected chi connectivity index (χ3v) is 6.55. The fourth-order valence-electron chi connectivity index (χ4n) is 5.04. The zero-order valence-corrected chi connectivity index (χ0v) is 17.0. The minimum absolute atomic E-state index is 0.172. The number of rotatable bonds is 7. The first-order valence-corrected chi connectivity index (χ1v) is 10.6. The Morgan fingerprint density at radius 2 is 1.87 bits per heavy atom. The molecule has 0 aromatic heterocycles. The molecule has 0 saturated carbocycles. The van der Waals surface area contributed by atoms with Crippen molar-refractivity contribution in [2.24, 2.45) is 0 Å². The summed E-state index contributed by atoms with van der Waals surface area (Å²) < 4.78 is 35.3. The van der Waals surface area contributed by atoms with Crippen molar-refractivity contribution in [1.29, 1.82) is 0 Å². The summed E-state index contributed by atoms with van der Waals surface area (Å²) in [6.07, 6.45) is -0.670. The molecule has 4 fully saturated rings. The number of esters is 1. The van der Waals surface area contributed by atoms with Crippen LogP contribution in [0.2, 0.25) is 0 Å². The third-order valence-electron chi connectivity index (χ3n) is 6.55. The van der Waals surface area contributed by atoms with Crippen molar-refractivity contribution in [3.63, 3.8) is 0 Å². The van der Waals surface area contributed by atoms with Crippen LogP contribution in [0.15, 0.2) is 30.3 Å². The van der Waals surface area contributed by atoms with Crippen molar-refractivity contribution in [1.82, 2.24) is 0 Å². The molecule has 5 rings (SSSR count). The van der Waals surface area contributed by atoms with Gasteiger partial charge < -0.3 is 33.5 Å². The van der Waals surface area contributed by atoms with Crippen LogP contribution in [0.5, 0.6) is 0 Å². The van der Waals surface area contributed by atoms with Gasteiger partial charge in [0.1, 0.15) is 30.5 Å². The summed E-state index contributed by atoms with van der Waals surface area (Å²) in [5.74, 6) is -1.43. The van der Waals surface area contributed by atoms with Crippen LogP contribution in [-0.2, 0) is 39.8 Å². The number of methoxy groups -OCH3 is 1. The minimum atomic E-state index is -1.14. The van der Waals surface area contributed by atoms with Crippen molar-refractivity contribution in [3.05, 3.63) is 35.9 Å². The van der Waals surface area contributed by atoms with Gasteiger partial charge in [-0.1, -0.05) is 30.3 Å². The Labute approximate surface area is 175 Å². The highest BCUT2D eigenvalue weighted by molar-refractivity contribution is 5.69. The molecule has 4 saturated heterocycles. The summed E-state index contributed by atoms with van der Waals surface area (Å²) in [5.41, 5.74) is 1.09. The average molecular weight is 420 g/mol. The van der Waals surface area contributed by atoms with Gasteiger partial charge in [0.25, 0.3) is 0 Å². The van der Waals surface area contributed by atoms with Crippen LogP contribution in [0.4, 0.5) is 0 Å². The fourth-order valence-corrected chi connectivity index (χ4v) is 5.04. The van der Waals surface area contributed by atoms with Gasteiger partial charge in [0.05, 0.1) is 39.0 Å². The standard InChI is InChI=1S/C22H28O8/c1-25-16(23)11-14-7-8-15-17(27-14)18-19-20(28-15)21(24)22(29-18,30-19)9-10-26-12-13-5-3-2-4-6-13/h2-6,14-15,17-21,24H,7-12H2,1H3/t14-,15+,17+,18?,19+,20-,21+,22+/m1/s1. The quantitative estimate of drug-likeness (QED) is 0.522. The smallest absolute Gasteiger partial charge is 0.308 e. The summed E-state index contributed by atoms with van der Waals surface area (Å²) in [7, 11) is 1.38. The number of carbonyl (C=O) groups excluding carboxylic acids is 1. The van der Waals surface area contributed by atoms with E-state index in [1.165, 1.54) is 7.11 Å². The molecular formula is C22H28O8. The summed E-state index contributed by atoms with van der Waals surface area (Å²) >= 11 is 0. The zero-order valence-electron chi connectivity index (χ0n) is 17.0. The van der Waals surface area contributed by atoms with Crippen LogP contribution in [0.3, 0.4) is 0 Å². The van der Waals surface area contributed by atoms with Crippen LogP contribution >= 0.6 is 0 Å². The number of hydrogen-bond donors (Lipinski definition) is 1. The van der Waals surface area contributed by atoms with Crippen molar-refractivity contribution in [2.45, 2.75) is 80.8 Å². The molecule has 0 radical (unpaired) electrons. The summed E-state index contributed by atoms with van der Waals surface area (Å²) in [6, 6.07) is 9.92. The molecule has 1 aromatic rings. The van der Waals surface area contributed by atoms with E-state index >= 15 is 0 Å². The largest absolute Gasteiger partial charge is 0.469 e. The molecule has 164 valence electrons. The van der Waals surface area contributed by atoms with Crippen LogP contribution < -0.4 is 0 Å². The first kappa shape index (κ1) is 20.4. The van der Waals surface area contributed by atoms with Crippen molar-refractivity contribution >= 4 is 5.97 Å². The second-order valence-corrected chi connectivity index (χ2v) is 8.43. The normalized spacial score (nSPS) is 41.5. The first-order valence-electron chi connectivity index (χ1n) is 10.6. The van der Waals surface area contributed by atoms with E-state index < -0.39 is 18.0 Å². The number of aliphatic hydroxyl groups excluding tert-OH is 1. The lowest BCUT2D eigenvalue weighted by atomic mass is 9.85. The predicted molar refractivity (Wildman–Crippen MR) is 102 cm³/mol. The molecule has 1 N–H and O–H groups in total. The molecule has 4 aliphatic heterocycles. The lowest BCUT2D eigenvalue weighted by Gasteiger charge is -2.49. The van der Waals surface area contributed by atoms with Gasteiger partial charge in [-0.3, -0.25) is 4.79 Å². The highest BCUT2D eigenvalue weighted by Gasteiger charge is 2.70. The molecule has 8 atom stereocenters. The number of aliphatic hydroxyl groups is 1. The van der Waals surface area contributed by atoms with Crippen LogP contribution in [0, 0.1) is 0 Å². The number of fused-ring (bicyclic) bond motifs is 3. The molecule has 8 heteroatoms. The van der Waals surface area contributed by atoms with Crippen LogP contribution in [0.25, 0.3) is 0 Å². The van der Waals surface area contributed by atoms with Gasteiger partial charge in [0, 0.05) is 6.42 Å². The zero-order chi connectivity index (χ0) is 20.7. The van der Waals surface area contributed by atoms with Gasteiger partial charge in [-0.05, 0) is 18.4 Å². The molecule has 1 aromatic carbocycles. The molecule has 2 bridgehead atoms. The second kappa shape index (κ2) is 8.18. The lowest BCUT2D eigenvalue weighted by molar-refractivity contribution is -0.301. The molecule has 30 heavy (non-hydrogen) atoms. The molecular weight excluding hydrogens is 392 g/mol. The highest BCUT2D eigenvalue weighted by Crippen LogP contribution is 2.52. The summed E-state index contributed by atoms with van der Waals surface area (Å²) in [5, 5.41) is 10.9. The SMILES string of the molecule is COC(=O)C[C@H]1CC[C@@H]2O[C@@H]3[C@H]4O[C@](CCOCc5ccccc5)(OC4[C@H]2O1)[C@H]3O. The minimum Gasteiger partial charge on any atom is -0.469 e. The number of ether oxygens (including phenoxy) is 6. The molecule has 0 aliphatic carbocycles. The molecule has 1 unspecified atom stereocenters. The molecule has 4 heterocycles. The predicted octanol–water partition coefficient (Wildman–Crippen LogP) is 1.33. The Bertz CT molecular complexity index is 757. The van der Waals surface area contributed by atoms with Gasteiger partial charge in [0.2, 0.25) is 0 Å². The van der Waals surface area contributed by atoms with Crippen molar-refractivity contribution in [3.8, 4) is 0 Å². The fraction of sp³-hybridized carbons (Fsp3) is 0.682. The Kier molecular flexibility index (Phi) is 5.55. The first-order chi connectivity index (χ1) is 14.6. The van der Waals surface area contributed by atoms with E-state index in [0.717, 1.165) is 12.0 Å². The van der Waals surface area contributed by atoms with E-state index in [0.29, 0.717) is 26.1 Å². The van der Waals surface area contributed by atoms with Crippen molar-refractivity contribution < 1.29 is 38.3 Å². The Morgan fingerprint density at radius 1 is 1.10 bits per heavy atom. The number of carbonyl (C=O) groups is 1. The van der Waals surface area contributed by atoms with E-state index in [-0.39, 0.29) is 42.9 Å². The average Bonchev–Trinajstić information content (AvgIpc) is 3.29. The number of hydrogen-bond acceptors (Lipinski definition) is 8.